The zero-order chi connectivity index (χ0) is 29.0. The number of carboxylic acids is 1. The van der Waals surface area contributed by atoms with E-state index in [9.17, 15) is 9.90 Å². The molecule has 1 fully saturated rings. The first-order chi connectivity index (χ1) is 20.4. The first-order valence-corrected chi connectivity index (χ1v) is 15.8. The number of fused-ring (bicyclic) bond motifs is 2. The number of oxazole rings is 1. The maximum Gasteiger partial charge on any atom is 0.307 e. The molecule has 6 nitrogen and oxygen atoms in total. The molecule has 5 aromatic rings. The minimum Gasteiger partial charge on any atom is -0.481 e. The summed E-state index contributed by atoms with van der Waals surface area (Å²) in [6.45, 7) is 6.25. The zero-order valence-electron chi connectivity index (χ0n) is 23.7. The van der Waals surface area contributed by atoms with Gasteiger partial charge in [-0.2, -0.15) is 0 Å². The third kappa shape index (κ3) is 4.93. The van der Waals surface area contributed by atoms with E-state index >= 15 is 0 Å². The Labute approximate surface area is 254 Å². The predicted octanol–water partition coefficient (Wildman–Crippen LogP) is 8.34. The van der Waals surface area contributed by atoms with Crippen LogP contribution in [0.4, 0.5) is 0 Å². The van der Waals surface area contributed by atoms with Crippen molar-refractivity contribution in [1.82, 2.24) is 14.9 Å². The molecule has 1 N–H and O–H groups in total. The summed E-state index contributed by atoms with van der Waals surface area (Å²) in [5, 5.41) is 11.0. The van der Waals surface area contributed by atoms with Gasteiger partial charge in [0, 0.05) is 29.1 Å². The molecule has 7 rings (SSSR count). The molecule has 3 aromatic carbocycles. The van der Waals surface area contributed by atoms with Gasteiger partial charge in [0.25, 0.3) is 0 Å². The van der Waals surface area contributed by atoms with Crippen LogP contribution in [0.15, 0.2) is 52.9 Å². The number of aryl methyl sites for hydroxylation is 2. The second-order valence-corrected chi connectivity index (χ2v) is 13.0. The van der Waals surface area contributed by atoms with Crippen LogP contribution in [-0.2, 0) is 24.2 Å². The van der Waals surface area contributed by atoms with E-state index in [2.05, 4.69) is 49.1 Å². The summed E-state index contributed by atoms with van der Waals surface area (Å²) in [7, 11) is 0. The van der Waals surface area contributed by atoms with Crippen LogP contribution in [0.2, 0.25) is 5.02 Å². The summed E-state index contributed by atoms with van der Waals surface area (Å²) in [4.78, 5) is 24.9. The van der Waals surface area contributed by atoms with E-state index in [-0.39, 0.29) is 5.92 Å². The second kappa shape index (κ2) is 11.0. The van der Waals surface area contributed by atoms with E-state index in [4.69, 9.17) is 26.0 Å². The maximum absolute atomic E-state index is 11.4. The number of thiazole rings is 1. The lowest BCUT2D eigenvalue weighted by molar-refractivity contribution is -0.141. The SMILES string of the molecule is Cc1c(-c2nc3cc(CN4CC[C@@H](C(=O)O)C4)cc(Cl)c3o2)cccc1-c1cccc(-c2nc3c(s2)CCCC3)c1C. The van der Waals surface area contributed by atoms with Crippen LogP contribution < -0.4 is 0 Å². The van der Waals surface area contributed by atoms with Crippen LogP contribution >= 0.6 is 22.9 Å². The van der Waals surface area contributed by atoms with E-state index in [1.165, 1.54) is 40.1 Å². The molecule has 0 saturated carbocycles. The van der Waals surface area contributed by atoms with E-state index in [1.807, 2.05) is 29.5 Å². The molecule has 0 bridgehead atoms. The van der Waals surface area contributed by atoms with Gasteiger partial charge in [-0.25, -0.2) is 9.97 Å². The Bertz CT molecular complexity index is 1820. The third-order valence-electron chi connectivity index (χ3n) is 8.80. The van der Waals surface area contributed by atoms with Crippen LogP contribution in [0.1, 0.15) is 46.5 Å². The molecular weight excluding hydrogens is 566 g/mol. The molecule has 8 heteroatoms. The van der Waals surface area contributed by atoms with Crippen LogP contribution in [0.5, 0.6) is 0 Å². The molecule has 1 aliphatic heterocycles. The number of hydrogen-bond acceptors (Lipinski definition) is 6. The van der Waals surface area contributed by atoms with Gasteiger partial charge in [-0.1, -0.05) is 41.9 Å². The van der Waals surface area contributed by atoms with Crippen LogP contribution in [0.25, 0.3) is 44.3 Å². The summed E-state index contributed by atoms with van der Waals surface area (Å²) < 4.78 is 6.26. The van der Waals surface area contributed by atoms with Crippen molar-refractivity contribution in [2.45, 2.75) is 52.5 Å². The molecule has 0 spiro atoms. The lowest BCUT2D eigenvalue weighted by Crippen LogP contribution is -2.22. The number of likely N-dealkylation sites (tertiary alicyclic amines) is 1. The number of carbonyl (C=O) groups is 1. The smallest absolute Gasteiger partial charge is 0.307 e. The Hall–Kier alpha value is -3.52. The average molecular weight is 598 g/mol. The third-order valence-corrected chi connectivity index (χ3v) is 10.3. The zero-order valence-corrected chi connectivity index (χ0v) is 25.3. The number of hydrogen-bond donors (Lipinski definition) is 1. The van der Waals surface area contributed by atoms with E-state index in [0.29, 0.717) is 41.5 Å². The molecule has 1 saturated heterocycles. The molecule has 3 heterocycles. The van der Waals surface area contributed by atoms with Crippen molar-refractivity contribution in [2.75, 3.05) is 13.1 Å². The van der Waals surface area contributed by atoms with Gasteiger partial charge in [-0.05, 0) is 98.5 Å². The highest BCUT2D eigenvalue weighted by molar-refractivity contribution is 7.15. The first kappa shape index (κ1) is 27.3. The monoisotopic (exact) mass is 597 g/mol. The largest absolute Gasteiger partial charge is 0.481 e. The fourth-order valence-electron chi connectivity index (χ4n) is 6.47. The van der Waals surface area contributed by atoms with Gasteiger partial charge in [0.1, 0.15) is 10.5 Å². The fraction of sp³-hybridized carbons (Fsp3) is 0.324. The standard InChI is InChI=1S/C34H32ClN3O3S/c1-19-23(24-8-6-10-26(20(24)2)33-37-28-11-3-4-12-30(28)42-33)7-5-9-25(19)32-36-29-16-21(15-27(35)31(29)41-32)17-38-14-13-22(18-38)34(39)40/h5-10,15-16,22H,3-4,11-14,17-18H2,1-2H3,(H,39,40)/t22-/m1/s1. The molecule has 42 heavy (non-hydrogen) atoms. The highest BCUT2D eigenvalue weighted by atomic mass is 35.5. The van der Waals surface area contributed by atoms with E-state index < -0.39 is 5.97 Å². The highest BCUT2D eigenvalue weighted by Gasteiger charge is 2.28. The number of aliphatic carboxylic acids is 1. The second-order valence-electron chi connectivity index (χ2n) is 11.6. The van der Waals surface area contributed by atoms with Crippen molar-refractivity contribution < 1.29 is 14.3 Å². The van der Waals surface area contributed by atoms with Gasteiger partial charge in [0.15, 0.2) is 5.58 Å². The maximum atomic E-state index is 11.4. The van der Waals surface area contributed by atoms with Gasteiger partial charge < -0.3 is 9.52 Å². The summed E-state index contributed by atoms with van der Waals surface area (Å²) in [6.07, 6.45) is 5.39. The van der Waals surface area contributed by atoms with Gasteiger partial charge in [-0.3, -0.25) is 9.69 Å². The Morgan fingerprint density at radius 1 is 1.02 bits per heavy atom. The van der Waals surface area contributed by atoms with Gasteiger partial charge in [0.05, 0.1) is 16.6 Å². The molecule has 2 aromatic heterocycles. The number of halogens is 1. The summed E-state index contributed by atoms with van der Waals surface area (Å²) >= 11 is 8.53. The van der Waals surface area contributed by atoms with Crippen molar-refractivity contribution in [3.05, 3.63) is 80.8 Å². The number of nitrogens with zero attached hydrogens (tertiary/aromatic N) is 3. The molecule has 1 aliphatic carbocycles. The number of aromatic nitrogens is 2. The molecule has 0 unspecified atom stereocenters. The first-order valence-electron chi connectivity index (χ1n) is 14.6. The minimum absolute atomic E-state index is 0.311. The van der Waals surface area contributed by atoms with Crippen molar-refractivity contribution >= 4 is 40.0 Å². The Balaban J connectivity index is 1.21. The molecule has 2 aliphatic rings. The normalized spacial score (nSPS) is 17.2. The van der Waals surface area contributed by atoms with E-state index in [1.54, 1.807) is 0 Å². The van der Waals surface area contributed by atoms with Crippen LogP contribution in [-0.4, -0.2) is 39.0 Å². The van der Waals surface area contributed by atoms with Crippen LogP contribution in [0.3, 0.4) is 0 Å². The number of benzene rings is 3. The number of rotatable bonds is 6. The fourth-order valence-corrected chi connectivity index (χ4v) is 7.98. The van der Waals surface area contributed by atoms with Gasteiger partial charge in [-0.15, -0.1) is 11.3 Å². The van der Waals surface area contributed by atoms with Crippen molar-refractivity contribution in [3.8, 4) is 33.2 Å². The quantitative estimate of drug-likeness (QED) is 0.212. The van der Waals surface area contributed by atoms with Crippen molar-refractivity contribution in [1.29, 1.82) is 0 Å². The van der Waals surface area contributed by atoms with Gasteiger partial charge in [0.2, 0.25) is 5.89 Å². The summed E-state index contributed by atoms with van der Waals surface area (Å²) in [5.41, 5.74) is 10.3. The lowest BCUT2D eigenvalue weighted by Gasteiger charge is -2.15. The van der Waals surface area contributed by atoms with Crippen molar-refractivity contribution in [3.63, 3.8) is 0 Å². The topological polar surface area (TPSA) is 79.5 Å². The molecule has 1 atom stereocenters. The number of carboxylic acid groups (broad SMARTS) is 1. The average Bonchev–Trinajstić information content (AvgIpc) is 3.72. The van der Waals surface area contributed by atoms with E-state index in [0.717, 1.165) is 46.6 Å². The molecular formula is C34H32ClN3O3S. The minimum atomic E-state index is -0.728. The highest BCUT2D eigenvalue weighted by Crippen LogP contribution is 2.40. The molecule has 0 radical (unpaired) electrons. The summed E-state index contributed by atoms with van der Waals surface area (Å²) in [6, 6.07) is 16.7. The molecule has 214 valence electrons. The van der Waals surface area contributed by atoms with Gasteiger partial charge >= 0.3 is 5.97 Å². The predicted molar refractivity (Wildman–Crippen MR) is 168 cm³/mol. The van der Waals surface area contributed by atoms with Crippen molar-refractivity contribution in [2.24, 2.45) is 5.92 Å². The lowest BCUT2D eigenvalue weighted by atomic mass is 9.91. The summed E-state index contributed by atoms with van der Waals surface area (Å²) in [5.74, 6) is -0.500. The Morgan fingerprint density at radius 3 is 2.48 bits per heavy atom. The Kier molecular flexibility index (Phi) is 7.13. The molecule has 0 amide bonds. The van der Waals surface area contributed by atoms with Crippen LogP contribution in [0, 0.1) is 19.8 Å². The Morgan fingerprint density at radius 2 is 1.74 bits per heavy atom.